The Hall–Kier alpha value is -2.38. The number of rotatable bonds is 6. The van der Waals surface area contributed by atoms with Crippen molar-refractivity contribution in [3.8, 4) is 5.75 Å². The zero-order valence-corrected chi connectivity index (χ0v) is 18.0. The van der Waals surface area contributed by atoms with Gasteiger partial charge in [0.1, 0.15) is 5.75 Å². The van der Waals surface area contributed by atoms with Crippen molar-refractivity contribution in [1.82, 2.24) is 9.21 Å². The first-order valence-corrected chi connectivity index (χ1v) is 11.3. The van der Waals surface area contributed by atoms with E-state index in [4.69, 9.17) is 4.74 Å². The lowest BCUT2D eigenvalue weighted by molar-refractivity contribution is -0.134. The molecule has 0 aliphatic carbocycles. The van der Waals surface area contributed by atoms with Crippen LogP contribution in [0.5, 0.6) is 5.75 Å². The predicted molar refractivity (Wildman–Crippen MR) is 113 cm³/mol. The first-order valence-electron chi connectivity index (χ1n) is 9.88. The number of nitrogens with zero attached hydrogens (tertiary/aromatic N) is 2. The van der Waals surface area contributed by atoms with E-state index in [9.17, 15) is 13.2 Å². The standard InChI is InChI=1S/C22H28N2O4S/c1-4-19-6-9-21(10-7-19)29(26,27)24-13-11-23(12-14-24)22(25)16-28-20-8-5-17(2)18(3)15-20/h5-10,15H,4,11-14,16H2,1-3H3. The molecule has 1 saturated heterocycles. The van der Waals surface area contributed by atoms with E-state index < -0.39 is 10.0 Å². The van der Waals surface area contributed by atoms with Crippen molar-refractivity contribution in [2.24, 2.45) is 0 Å². The molecule has 7 heteroatoms. The van der Waals surface area contributed by atoms with E-state index >= 15 is 0 Å². The summed E-state index contributed by atoms with van der Waals surface area (Å²) in [7, 11) is -3.54. The third kappa shape index (κ3) is 4.97. The summed E-state index contributed by atoms with van der Waals surface area (Å²) in [6.45, 7) is 7.30. The summed E-state index contributed by atoms with van der Waals surface area (Å²) in [6, 6.07) is 12.7. The Morgan fingerprint density at radius 1 is 0.966 bits per heavy atom. The average Bonchev–Trinajstić information content (AvgIpc) is 2.74. The second-order valence-electron chi connectivity index (χ2n) is 7.32. The lowest BCUT2D eigenvalue weighted by Gasteiger charge is -2.34. The van der Waals surface area contributed by atoms with Gasteiger partial charge >= 0.3 is 0 Å². The number of piperazine rings is 1. The average molecular weight is 417 g/mol. The number of sulfonamides is 1. The van der Waals surface area contributed by atoms with E-state index in [0.29, 0.717) is 23.7 Å². The molecule has 156 valence electrons. The van der Waals surface area contributed by atoms with Crippen LogP contribution in [-0.4, -0.2) is 56.3 Å². The summed E-state index contributed by atoms with van der Waals surface area (Å²) in [5.74, 6) is 0.533. The fraction of sp³-hybridized carbons (Fsp3) is 0.409. The van der Waals surface area contributed by atoms with Gasteiger partial charge in [0.15, 0.2) is 6.61 Å². The molecule has 0 spiro atoms. The van der Waals surface area contributed by atoms with Crippen molar-refractivity contribution in [1.29, 1.82) is 0 Å². The van der Waals surface area contributed by atoms with Crippen molar-refractivity contribution in [2.75, 3.05) is 32.8 Å². The number of benzene rings is 2. The minimum absolute atomic E-state index is 0.0479. The Bertz CT molecular complexity index is 963. The molecule has 0 aromatic heterocycles. The van der Waals surface area contributed by atoms with Gasteiger partial charge in [-0.25, -0.2) is 8.42 Å². The Morgan fingerprint density at radius 3 is 2.21 bits per heavy atom. The van der Waals surface area contributed by atoms with Crippen LogP contribution in [0.1, 0.15) is 23.6 Å². The summed E-state index contributed by atoms with van der Waals surface area (Å²) in [5, 5.41) is 0. The smallest absolute Gasteiger partial charge is 0.260 e. The zero-order valence-electron chi connectivity index (χ0n) is 17.2. The van der Waals surface area contributed by atoms with Gasteiger partial charge in [0.25, 0.3) is 5.91 Å². The zero-order chi connectivity index (χ0) is 21.0. The van der Waals surface area contributed by atoms with Gasteiger partial charge in [-0.15, -0.1) is 0 Å². The van der Waals surface area contributed by atoms with Crippen molar-refractivity contribution in [3.05, 3.63) is 59.2 Å². The Balaban J connectivity index is 1.54. The van der Waals surface area contributed by atoms with Gasteiger partial charge in [0, 0.05) is 26.2 Å². The summed E-state index contributed by atoms with van der Waals surface area (Å²) >= 11 is 0. The first-order chi connectivity index (χ1) is 13.8. The van der Waals surface area contributed by atoms with Crippen molar-refractivity contribution in [2.45, 2.75) is 32.1 Å². The van der Waals surface area contributed by atoms with Crippen molar-refractivity contribution >= 4 is 15.9 Å². The van der Waals surface area contributed by atoms with Gasteiger partial charge in [0.05, 0.1) is 4.90 Å². The third-order valence-electron chi connectivity index (χ3n) is 5.40. The third-order valence-corrected chi connectivity index (χ3v) is 7.31. The first kappa shape index (κ1) is 21.3. The summed E-state index contributed by atoms with van der Waals surface area (Å²) in [4.78, 5) is 14.4. The maximum absolute atomic E-state index is 12.8. The number of carbonyl (C=O) groups is 1. The van der Waals surface area contributed by atoms with E-state index in [2.05, 4.69) is 0 Å². The molecule has 0 N–H and O–H groups in total. The Morgan fingerprint density at radius 2 is 1.62 bits per heavy atom. The maximum atomic E-state index is 12.8. The van der Waals surface area contributed by atoms with E-state index in [1.54, 1.807) is 17.0 Å². The molecule has 3 rings (SSSR count). The fourth-order valence-corrected chi connectivity index (χ4v) is 4.69. The van der Waals surface area contributed by atoms with Gasteiger partial charge in [-0.2, -0.15) is 4.31 Å². The second-order valence-corrected chi connectivity index (χ2v) is 9.26. The molecule has 29 heavy (non-hydrogen) atoms. The highest BCUT2D eigenvalue weighted by Gasteiger charge is 2.30. The molecule has 0 saturated carbocycles. The van der Waals surface area contributed by atoms with Gasteiger partial charge < -0.3 is 9.64 Å². The molecule has 2 aromatic carbocycles. The molecule has 6 nitrogen and oxygen atoms in total. The van der Waals surface area contributed by atoms with Gasteiger partial charge in [-0.1, -0.05) is 25.1 Å². The van der Waals surface area contributed by atoms with E-state index in [1.807, 2.05) is 51.1 Å². The summed E-state index contributed by atoms with van der Waals surface area (Å²) < 4.78 is 32.7. The summed E-state index contributed by atoms with van der Waals surface area (Å²) in [6.07, 6.45) is 0.866. The molecule has 1 fully saturated rings. The van der Waals surface area contributed by atoms with E-state index in [-0.39, 0.29) is 25.6 Å². The molecule has 1 aliphatic rings. The Kier molecular flexibility index (Phi) is 6.59. The Labute approximate surface area is 173 Å². The van der Waals surface area contributed by atoms with Gasteiger partial charge in [0.2, 0.25) is 10.0 Å². The molecule has 1 aliphatic heterocycles. The number of ether oxygens (including phenoxy) is 1. The van der Waals surface area contributed by atoms with E-state index in [1.165, 1.54) is 9.87 Å². The van der Waals surface area contributed by atoms with Crippen LogP contribution < -0.4 is 4.74 Å². The predicted octanol–water partition coefficient (Wildman–Crippen LogP) is 2.78. The molecule has 0 atom stereocenters. The number of amides is 1. The molecular formula is C22H28N2O4S. The number of hydrogen-bond donors (Lipinski definition) is 0. The molecule has 1 amide bonds. The molecule has 1 heterocycles. The van der Waals surface area contributed by atoms with E-state index in [0.717, 1.165) is 17.5 Å². The van der Waals surface area contributed by atoms with Gasteiger partial charge in [-0.05, 0) is 61.2 Å². The molecule has 0 radical (unpaired) electrons. The van der Waals surface area contributed by atoms with Crippen LogP contribution in [0.25, 0.3) is 0 Å². The SMILES string of the molecule is CCc1ccc(S(=O)(=O)N2CCN(C(=O)COc3ccc(C)c(C)c3)CC2)cc1. The van der Waals surface area contributed by atoms with Crippen LogP contribution in [-0.2, 0) is 21.2 Å². The number of aryl methyl sites for hydroxylation is 3. The maximum Gasteiger partial charge on any atom is 0.260 e. The van der Waals surface area contributed by atoms with Gasteiger partial charge in [-0.3, -0.25) is 4.79 Å². The van der Waals surface area contributed by atoms with Crippen molar-refractivity contribution in [3.63, 3.8) is 0 Å². The van der Waals surface area contributed by atoms with Crippen LogP contribution >= 0.6 is 0 Å². The largest absolute Gasteiger partial charge is 0.484 e. The van der Waals surface area contributed by atoms with Crippen LogP contribution in [0.15, 0.2) is 47.4 Å². The fourth-order valence-electron chi connectivity index (χ4n) is 3.26. The minimum atomic E-state index is -3.54. The van der Waals surface area contributed by atoms with Crippen LogP contribution in [0.2, 0.25) is 0 Å². The number of carbonyl (C=O) groups excluding carboxylic acids is 1. The quantitative estimate of drug-likeness (QED) is 0.726. The minimum Gasteiger partial charge on any atom is -0.484 e. The molecule has 0 unspecified atom stereocenters. The molecular weight excluding hydrogens is 388 g/mol. The lowest BCUT2D eigenvalue weighted by atomic mass is 10.1. The molecule has 2 aromatic rings. The second kappa shape index (κ2) is 8.97. The lowest BCUT2D eigenvalue weighted by Crippen LogP contribution is -2.51. The normalized spacial score (nSPS) is 15.3. The highest BCUT2D eigenvalue weighted by atomic mass is 32.2. The molecule has 0 bridgehead atoms. The van der Waals surface area contributed by atoms with Crippen LogP contribution in [0.4, 0.5) is 0 Å². The topological polar surface area (TPSA) is 66.9 Å². The van der Waals surface area contributed by atoms with Crippen molar-refractivity contribution < 1.29 is 17.9 Å². The van der Waals surface area contributed by atoms with Crippen LogP contribution in [0, 0.1) is 13.8 Å². The summed E-state index contributed by atoms with van der Waals surface area (Å²) in [5.41, 5.74) is 3.38. The van der Waals surface area contributed by atoms with Crippen LogP contribution in [0.3, 0.4) is 0 Å². The monoisotopic (exact) mass is 416 g/mol. The highest BCUT2D eigenvalue weighted by molar-refractivity contribution is 7.89. The number of hydrogen-bond acceptors (Lipinski definition) is 4. The highest BCUT2D eigenvalue weighted by Crippen LogP contribution is 2.19.